The number of nitrogens with one attached hydrogen (secondary N) is 2. The van der Waals surface area contributed by atoms with Gasteiger partial charge in [-0.15, -0.1) is 0 Å². The monoisotopic (exact) mass is 477 g/mol. The Bertz CT molecular complexity index is 1430. The van der Waals surface area contributed by atoms with E-state index in [1.807, 2.05) is 39.9 Å². The molecule has 2 N–H and O–H groups in total. The largest absolute Gasteiger partial charge is 0.497 e. The number of hydrogen-bond donors (Lipinski definition) is 2. The zero-order valence-electron chi connectivity index (χ0n) is 18.7. The van der Waals surface area contributed by atoms with Crippen molar-refractivity contribution in [2.24, 2.45) is 0 Å². The van der Waals surface area contributed by atoms with Crippen LogP contribution in [0.1, 0.15) is 18.4 Å². The topological polar surface area (TPSA) is 78.9 Å². The SMILES string of the molecule is COc1ccc(-c2n[nH]c(=S)n2CCC(=O)N2CC=C(c3c[nH]c4cc(F)ccc34)CC2)cc1. The molecule has 3 heterocycles. The van der Waals surface area contributed by atoms with Crippen LogP contribution in [0.4, 0.5) is 4.39 Å². The number of hydrogen-bond acceptors (Lipinski definition) is 4. The third-order valence-electron chi connectivity index (χ3n) is 6.21. The van der Waals surface area contributed by atoms with Crippen molar-refractivity contribution >= 4 is 34.6 Å². The number of nitrogens with zero attached hydrogens (tertiary/aromatic N) is 3. The lowest BCUT2D eigenvalue weighted by atomic mass is 9.98. The highest BCUT2D eigenvalue weighted by molar-refractivity contribution is 7.71. The first-order valence-electron chi connectivity index (χ1n) is 11.1. The van der Waals surface area contributed by atoms with Crippen molar-refractivity contribution in [3.63, 3.8) is 0 Å². The second-order valence-corrected chi connectivity index (χ2v) is 8.58. The maximum atomic E-state index is 13.5. The average Bonchev–Trinajstić information content (AvgIpc) is 3.45. The molecule has 1 aliphatic heterocycles. The molecule has 4 aromatic rings. The Morgan fingerprint density at radius 3 is 2.79 bits per heavy atom. The van der Waals surface area contributed by atoms with Crippen molar-refractivity contribution < 1.29 is 13.9 Å². The summed E-state index contributed by atoms with van der Waals surface area (Å²) in [6.45, 7) is 1.63. The number of H-pyrrole nitrogens is 2. The van der Waals surface area contributed by atoms with Crippen molar-refractivity contribution in [1.29, 1.82) is 0 Å². The van der Waals surface area contributed by atoms with Crippen LogP contribution >= 0.6 is 12.2 Å². The Labute approximate surface area is 200 Å². The number of benzene rings is 2. The van der Waals surface area contributed by atoms with Crippen molar-refractivity contribution in [2.75, 3.05) is 20.2 Å². The lowest BCUT2D eigenvalue weighted by molar-refractivity contribution is -0.131. The quantitative estimate of drug-likeness (QED) is 0.386. The number of fused-ring (bicyclic) bond motifs is 1. The fourth-order valence-electron chi connectivity index (χ4n) is 4.36. The second kappa shape index (κ2) is 9.26. The first kappa shape index (κ1) is 22.1. The molecule has 1 aliphatic rings. The molecule has 0 saturated carbocycles. The van der Waals surface area contributed by atoms with Gasteiger partial charge in [-0.3, -0.25) is 14.5 Å². The van der Waals surface area contributed by atoms with Crippen LogP contribution in [0.2, 0.25) is 0 Å². The number of ether oxygens (including phenoxy) is 1. The zero-order valence-corrected chi connectivity index (χ0v) is 19.5. The summed E-state index contributed by atoms with van der Waals surface area (Å²) in [7, 11) is 1.62. The smallest absolute Gasteiger partial charge is 0.224 e. The standard InChI is InChI=1S/C25H24FN5O2S/c1-33-19-5-2-17(3-6-19)24-28-29-25(34)31(24)13-10-23(32)30-11-8-16(9-12-30)21-15-27-22-14-18(26)4-7-20(21)22/h2-8,14-15,27H,9-13H2,1H3,(H,29,34). The van der Waals surface area contributed by atoms with Gasteiger partial charge in [-0.05, 0) is 66.7 Å². The highest BCUT2D eigenvalue weighted by atomic mass is 32.1. The van der Waals surface area contributed by atoms with Crippen LogP contribution in [0.25, 0.3) is 27.9 Å². The number of aromatic nitrogens is 4. The van der Waals surface area contributed by atoms with Crippen molar-refractivity contribution in [2.45, 2.75) is 19.4 Å². The summed E-state index contributed by atoms with van der Waals surface area (Å²) in [5.41, 5.74) is 3.90. The summed E-state index contributed by atoms with van der Waals surface area (Å²) >= 11 is 5.40. The van der Waals surface area contributed by atoms with Gasteiger partial charge in [0.15, 0.2) is 10.6 Å². The van der Waals surface area contributed by atoms with E-state index in [1.54, 1.807) is 13.2 Å². The molecule has 0 saturated heterocycles. The summed E-state index contributed by atoms with van der Waals surface area (Å²) in [5.74, 6) is 1.26. The third-order valence-corrected chi connectivity index (χ3v) is 6.52. The molecule has 0 aliphatic carbocycles. The Kier molecular flexibility index (Phi) is 6.02. The van der Waals surface area contributed by atoms with Gasteiger partial charge < -0.3 is 14.6 Å². The number of aromatic amines is 2. The van der Waals surface area contributed by atoms with Gasteiger partial charge in [-0.1, -0.05) is 6.08 Å². The van der Waals surface area contributed by atoms with E-state index >= 15 is 0 Å². The number of carbonyl (C=O) groups excluding carboxylic acids is 1. The Morgan fingerprint density at radius 2 is 2.06 bits per heavy atom. The predicted octanol–water partition coefficient (Wildman–Crippen LogP) is 4.94. The van der Waals surface area contributed by atoms with Crippen LogP contribution in [0.3, 0.4) is 0 Å². The van der Waals surface area contributed by atoms with Crippen molar-refractivity contribution in [1.82, 2.24) is 24.6 Å². The number of amides is 1. The van der Waals surface area contributed by atoms with Crippen LogP contribution in [0, 0.1) is 10.6 Å². The lowest BCUT2D eigenvalue weighted by Gasteiger charge is -2.26. The first-order chi connectivity index (χ1) is 16.5. The molecule has 174 valence electrons. The van der Waals surface area contributed by atoms with Gasteiger partial charge in [-0.25, -0.2) is 4.39 Å². The molecule has 34 heavy (non-hydrogen) atoms. The third kappa shape index (κ3) is 4.26. The zero-order chi connectivity index (χ0) is 23.7. The molecule has 9 heteroatoms. The number of carbonyl (C=O) groups is 1. The van der Waals surface area contributed by atoms with Gasteiger partial charge in [0.25, 0.3) is 0 Å². The molecule has 0 fully saturated rings. The summed E-state index contributed by atoms with van der Waals surface area (Å²) in [6.07, 6.45) is 5.07. The van der Waals surface area contributed by atoms with Gasteiger partial charge in [0.1, 0.15) is 11.6 Å². The molecule has 0 spiro atoms. The predicted molar refractivity (Wildman–Crippen MR) is 131 cm³/mol. The average molecular weight is 478 g/mol. The minimum atomic E-state index is -0.261. The second-order valence-electron chi connectivity index (χ2n) is 8.19. The fraction of sp³-hybridized carbons (Fsp3) is 0.240. The van der Waals surface area contributed by atoms with Crippen molar-refractivity contribution in [3.05, 3.63) is 70.9 Å². The fourth-order valence-corrected chi connectivity index (χ4v) is 4.58. The molecular weight excluding hydrogens is 453 g/mol. The molecule has 5 rings (SSSR count). The molecule has 7 nitrogen and oxygen atoms in total. The summed E-state index contributed by atoms with van der Waals surface area (Å²) in [6, 6.07) is 12.3. The van der Waals surface area contributed by atoms with E-state index in [-0.39, 0.29) is 11.7 Å². The highest BCUT2D eigenvalue weighted by Crippen LogP contribution is 2.30. The summed E-state index contributed by atoms with van der Waals surface area (Å²) in [5, 5.41) is 8.17. The Balaban J connectivity index is 1.25. The van der Waals surface area contributed by atoms with E-state index < -0.39 is 0 Å². The van der Waals surface area contributed by atoms with E-state index in [2.05, 4.69) is 21.3 Å². The van der Waals surface area contributed by atoms with E-state index in [4.69, 9.17) is 17.0 Å². The Hall–Kier alpha value is -3.72. The molecular formula is C25H24FN5O2S. The first-order valence-corrected chi connectivity index (χ1v) is 11.5. The van der Waals surface area contributed by atoms with E-state index in [0.717, 1.165) is 34.2 Å². The Morgan fingerprint density at radius 1 is 1.24 bits per heavy atom. The van der Waals surface area contributed by atoms with Gasteiger partial charge in [0.05, 0.1) is 7.11 Å². The number of methoxy groups -OCH3 is 1. The highest BCUT2D eigenvalue weighted by Gasteiger charge is 2.20. The minimum absolute atomic E-state index is 0.0695. The summed E-state index contributed by atoms with van der Waals surface area (Å²) in [4.78, 5) is 17.9. The van der Waals surface area contributed by atoms with Crippen molar-refractivity contribution in [3.8, 4) is 17.1 Å². The van der Waals surface area contributed by atoms with Crippen LogP contribution in [0.15, 0.2) is 54.7 Å². The lowest BCUT2D eigenvalue weighted by Crippen LogP contribution is -2.35. The normalized spacial score (nSPS) is 13.8. The van der Waals surface area contributed by atoms with Crippen LogP contribution in [0.5, 0.6) is 5.75 Å². The maximum Gasteiger partial charge on any atom is 0.224 e. The number of halogens is 1. The number of rotatable bonds is 6. The van der Waals surface area contributed by atoms with Gasteiger partial charge in [0, 0.05) is 54.3 Å². The van der Waals surface area contributed by atoms with Crippen LogP contribution in [-0.4, -0.2) is 50.8 Å². The molecule has 0 atom stereocenters. The molecule has 0 radical (unpaired) electrons. The van der Waals surface area contributed by atoms with Gasteiger partial charge >= 0.3 is 0 Å². The van der Waals surface area contributed by atoms with Gasteiger partial charge in [-0.2, -0.15) is 5.10 Å². The van der Waals surface area contributed by atoms with E-state index in [9.17, 15) is 9.18 Å². The van der Waals surface area contributed by atoms with E-state index in [0.29, 0.717) is 36.7 Å². The minimum Gasteiger partial charge on any atom is -0.497 e. The molecule has 0 bridgehead atoms. The van der Waals surface area contributed by atoms with Crippen LogP contribution in [-0.2, 0) is 11.3 Å². The molecule has 0 unspecified atom stereocenters. The molecule has 2 aromatic heterocycles. The van der Waals surface area contributed by atoms with Gasteiger partial charge in [0.2, 0.25) is 5.91 Å². The molecule has 1 amide bonds. The van der Waals surface area contributed by atoms with E-state index in [1.165, 1.54) is 17.7 Å². The maximum absolute atomic E-state index is 13.5. The van der Waals surface area contributed by atoms with Crippen LogP contribution < -0.4 is 4.74 Å². The summed E-state index contributed by atoms with van der Waals surface area (Å²) < 4.78 is 21.0. The molecule has 2 aromatic carbocycles.